The molecule has 0 radical (unpaired) electrons. The van der Waals surface area contributed by atoms with Crippen LogP contribution in [0, 0.1) is 5.92 Å². The third kappa shape index (κ3) is 3.57. The lowest BCUT2D eigenvalue weighted by atomic mass is 10.0. The summed E-state index contributed by atoms with van der Waals surface area (Å²) in [6.45, 7) is 4.72. The largest absolute Gasteiger partial charge is 0.345 e. The number of carbonyl (C=O) groups is 1. The number of rotatable bonds is 6. The van der Waals surface area contributed by atoms with E-state index in [2.05, 4.69) is 29.6 Å². The van der Waals surface area contributed by atoms with Gasteiger partial charge in [0.05, 0.1) is 6.04 Å². The summed E-state index contributed by atoms with van der Waals surface area (Å²) in [5.74, 6) is 0.855. The Bertz CT molecular complexity index is 414. The maximum absolute atomic E-state index is 12.1. The molecule has 0 aliphatic heterocycles. The number of hydrogen-bond acceptors (Lipinski definition) is 2. The molecular weight excluding hydrogens is 236 g/mol. The summed E-state index contributed by atoms with van der Waals surface area (Å²) in [7, 11) is 1.86. The van der Waals surface area contributed by atoms with Gasteiger partial charge < -0.3 is 4.90 Å². The zero-order chi connectivity index (χ0) is 13.8. The van der Waals surface area contributed by atoms with Crippen molar-refractivity contribution in [1.29, 1.82) is 0 Å². The fourth-order valence-electron chi connectivity index (χ4n) is 2.42. The van der Waals surface area contributed by atoms with Crippen LogP contribution in [0.15, 0.2) is 30.3 Å². The Balaban J connectivity index is 2.03. The summed E-state index contributed by atoms with van der Waals surface area (Å²) in [6.07, 6.45) is 2.52. The minimum absolute atomic E-state index is 0.129. The topological polar surface area (TPSA) is 32.3 Å². The summed E-state index contributed by atoms with van der Waals surface area (Å²) >= 11 is 0. The van der Waals surface area contributed by atoms with Gasteiger partial charge in [0, 0.05) is 19.6 Å². The number of likely N-dealkylation sites (N-methyl/N-ethyl adjacent to an activating group) is 1. The molecule has 104 valence electrons. The quantitative estimate of drug-likeness (QED) is 0.852. The average molecular weight is 260 g/mol. The molecule has 1 fully saturated rings. The molecule has 1 aliphatic rings. The normalized spacial score (nSPS) is 17.8. The number of hydrogen-bond donors (Lipinski definition) is 1. The lowest BCUT2D eigenvalue weighted by molar-refractivity contribution is -0.131. The Morgan fingerprint density at radius 2 is 2.00 bits per heavy atom. The molecule has 1 N–H and O–H groups in total. The van der Waals surface area contributed by atoms with E-state index in [1.54, 1.807) is 4.90 Å². The fraction of sp³-hybridized carbons (Fsp3) is 0.562. The summed E-state index contributed by atoms with van der Waals surface area (Å²) in [6, 6.07) is 10.6. The van der Waals surface area contributed by atoms with Crippen LogP contribution in [0.2, 0.25) is 0 Å². The van der Waals surface area contributed by atoms with E-state index in [0.29, 0.717) is 12.0 Å². The minimum atomic E-state index is -0.129. The molecule has 1 aromatic carbocycles. The molecule has 2 unspecified atom stereocenters. The number of nitrogens with one attached hydrogen (secondary N) is 1. The Labute approximate surface area is 116 Å². The van der Waals surface area contributed by atoms with Gasteiger partial charge in [0.15, 0.2) is 0 Å². The first-order valence-corrected chi connectivity index (χ1v) is 7.19. The van der Waals surface area contributed by atoms with Crippen molar-refractivity contribution in [3.05, 3.63) is 35.9 Å². The zero-order valence-electron chi connectivity index (χ0n) is 12.1. The number of carbonyl (C=O) groups excluding carboxylic acids is 1. The maximum atomic E-state index is 12.1. The second-order valence-corrected chi connectivity index (χ2v) is 5.47. The molecular formula is C16H24N2O. The molecule has 0 bridgehead atoms. The molecule has 0 spiro atoms. The molecule has 2 rings (SSSR count). The van der Waals surface area contributed by atoms with Crippen molar-refractivity contribution in [3.63, 3.8) is 0 Å². The zero-order valence-corrected chi connectivity index (χ0v) is 12.1. The Kier molecular flexibility index (Phi) is 4.59. The molecule has 0 aromatic heterocycles. The number of benzene rings is 1. The lowest BCUT2D eigenvalue weighted by Crippen LogP contribution is -2.44. The Morgan fingerprint density at radius 1 is 1.37 bits per heavy atom. The first-order chi connectivity index (χ1) is 9.13. The standard InChI is InChI=1S/C16H24N2O/c1-4-18(3)16(19)12(2)17-15(14-10-11-14)13-8-6-5-7-9-13/h5-9,12,14-15,17H,4,10-11H2,1-3H3. The van der Waals surface area contributed by atoms with Gasteiger partial charge in [-0.05, 0) is 38.2 Å². The monoisotopic (exact) mass is 260 g/mol. The highest BCUT2D eigenvalue weighted by molar-refractivity contribution is 5.81. The van der Waals surface area contributed by atoms with Crippen LogP contribution in [0.3, 0.4) is 0 Å². The molecule has 0 saturated heterocycles. The second kappa shape index (κ2) is 6.20. The van der Waals surface area contributed by atoms with Gasteiger partial charge in [-0.3, -0.25) is 10.1 Å². The maximum Gasteiger partial charge on any atom is 0.239 e. The SMILES string of the molecule is CCN(C)C(=O)C(C)NC(c1ccccc1)C1CC1. The molecule has 1 saturated carbocycles. The molecule has 3 heteroatoms. The molecule has 19 heavy (non-hydrogen) atoms. The van der Waals surface area contributed by atoms with E-state index in [9.17, 15) is 4.79 Å². The highest BCUT2D eigenvalue weighted by atomic mass is 16.2. The number of amides is 1. The third-order valence-corrected chi connectivity index (χ3v) is 3.90. The van der Waals surface area contributed by atoms with E-state index in [4.69, 9.17) is 0 Å². The summed E-state index contributed by atoms with van der Waals surface area (Å²) in [4.78, 5) is 13.9. The molecule has 1 aromatic rings. The second-order valence-electron chi connectivity index (χ2n) is 5.47. The Morgan fingerprint density at radius 3 is 2.53 bits per heavy atom. The van der Waals surface area contributed by atoms with Gasteiger partial charge >= 0.3 is 0 Å². The molecule has 3 nitrogen and oxygen atoms in total. The van der Waals surface area contributed by atoms with Crippen molar-refractivity contribution in [3.8, 4) is 0 Å². The summed E-state index contributed by atoms with van der Waals surface area (Å²) < 4.78 is 0. The van der Waals surface area contributed by atoms with Crippen molar-refractivity contribution in [2.24, 2.45) is 5.92 Å². The van der Waals surface area contributed by atoms with Crippen molar-refractivity contribution in [2.45, 2.75) is 38.8 Å². The minimum Gasteiger partial charge on any atom is -0.345 e. The van der Waals surface area contributed by atoms with Crippen LogP contribution in [0.5, 0.6) is 0 Å². The highest BCUT2D eigenvalue weighted by Gasteiger charge is 2.34. The predicted molar refractivity (Wildman–Crippen MR) is 77.8 cm³/mol. The van der Waals surface area contributed by atoms with E-state index in [1.807, 2.05) is 27.0 Å². The van der Waals surface area contributed by atoms with Gasteiger partial charge in [-0.15, -0.1) is 0 Å². The molecule has 2 atom stereocenters. The summed E-state index contributed by atoms with van der Waals surface area (Å²) in [5.41, 5.74) is 1.30. The van der Waals surface area contributed by atoms with E-state index >= 15 is 0 Å². The highest BCUT2D eigenvalue weighted by Crippen LogP contribution is 2.41. The van der Waals surface area contributed by atoms with Crippen LogP contribution >= 0.6 is 0 Å². The van der Waals surface area contributed by atoms with E-state index in [1.165, 1.54) is 18.4 Å². The van der Waals surface area contributed by atoms with Crippen molar-refractivity contribution in [2.75, 3.05) is 13.6 Å². The first kappa shape index (κ1) is 14.1. The van der Waals surface area contributed by atoms with Gasteiger partial charge in [0.25, 0.3) is 0 Å². The molecule has 1 aliphatic carbocycles. The van der Waals surface area contributed by atoms with Crippen LogP contribution < -0.4 is 5.32 Å². The third-order valence-electron chi connectivity index (χ3n) is 3.90. The lowest BCUT2D eigenvalue weighted by Gasteiger charge is -2.26. The van der Waals surface area contributed by atoms with E-state index in [-0.39, 0.29) is 11.9 Å². The van der Waals surface area contributed by atoms with Crippen molar-refractivity contribution in [1.82, 2.24) is 10.2 Å². The van der Waals surface area contributed by atoms with Crippen molar-refractivity contribution < 1.29 is 4.79 Å². The number of nitrogens with zero attached hydrogens (tertiary/aromatic N) is 1. The van der Waals surface area contributed by atoms with Crippen LogP contribution in [-0.2, 0) is 4.79 Å². The van der Waals surface area contributed by atoms with E-state index in [0.717, 1.165) is 6.54 Å². The van der Waals surface area contributed by atoms with Gasteiger partial charge in [-0.1, -0.05) is 30.3 Å². The Hall–Kier alpha value is -1.35. The van der Waals surface area contributed by atoms with Gasteiger partial charge in [-0.25, -0.2) is 0 Å². The molecule has 1 amide bonds. The van der Waals surface area contributed by atoms with Gasteiger partial charge in [0.1, 0.15) is 0 Å². The molecule has 0 heterocycles. The van der Waals surface area contributed by atoms with Gasteiger partial charge in [-0.2, -0.15) is 0 Å². The smallest absolute Gasteiger partial charge is 0.239 e. The first-order valence-electron chi connectivity index (χ1n) is 7.19. The van der Waals surface area contributed by atoms with Crippen molar-refractivity contribution >= 4 is 5.91 Å². The predicted octanol–water partition coefficient (Wildman–Crippen LogP) is 2.59. The van der Waals surface area contributed by atoms with Gasteiger partial charge in [0.2, 0.25) is 5.91 Å². The fourth-order valence-corrected chi connectivity index (χ4v) is 2.42. The van der Waals surface area contributed by atoms with Crippen LogP contribution in [-0.4, -0.2) is 30.4 Å². The van der Waals surface area contributed by atoms with Crippen LogP contribution in [0.1, 0.15) is 38.3 Å². The average Bonchev–Trinajstić information content (AvgIpc) is 3.28. The van der Waals surface area contributed by atoms with Crippen LogP contribution in [0.4, 0.5) is 0 Å². The van der Waals surface area contributed by atoms with Crippen LogP contribution in [0.25, 0.3) is 0 Å². The van der Waals surface area contributed by atoms with E-state index < -0.39 is 0 Å². The summed E-state index contributed by atoms with van der Waals surface area (Å²) in [5, 5.41) is 3.52.